The highest BCUT2D eigenvalue weighted by atomic mass is 32.3. The van der Waals surface area contributed by atoms with Crippen LogP contribution in [0.4, 0.5) is 5.69 Å². The molecule has 0 aliphatic carbocycles. The summed E-state index contributed by atoms with van der Waals surface area (Å²) in [5, 5.41) is 0. The van der Waals surface area contributed by atoms with Crippen molar-refractivity contribution in [3.05, 3.63) is 59.7 Å². The zero-order valence-electron chi connectivity index (χ0n) is 21.3. The molecule has 2 amide bonds. The molecule has 1 fully saturated rings. The minimum Gasteiger partial charge on any atom is -0.488 e. The maximum Gasteiger partial charge on any atom is 0.253 e. The van der Waals surface area contributed by atoms with Crippen LogP contribution in [0.2, 0.25) is 0 Å². The van der Waals surface area contributed by atoms with Crippen molar-refractivity contribution in [2.24, 2.45) is 0 Å². The van der Waals surface area contributed by atoms with Crippen molar-refractivity contribution in [2.75, 3.05) is 42.9 Å². The van der Waals surface area contributed by atoms with Gasteiger partial charge >= 0.3 is 0 Å². The standard InChI is InChI=1S/C27H39N3O4S/c1-5-6-14-29(22(3)31)16-17-35(4,33)28-24-11-8-12-25(19-24)34-26-13-15-30(20-26)27(32)23-10-7-9-21(2)18-23/h7-12,18-19,26,35H,5-6,13-17,20H2,1-4H3,(H,28,33)/t26-/m0/s1. The number of carbonyl (C=O) groups excluding carboxylic acids is 2. The van der Waals surface area contributed by atoms with Crippen LogP contribution in [-0.4, -0.2) is 70.1 Å². The van der Waals surface area contributed by atoms with Crippen molar-refractivity contribution in [1.29, 1.82) is 0 Å². The number of carbonyl (C=O) groups is 2. The van der Waals surface area contributed by atoms with Crippen molar-refractivity contribution in [3.8, 4) is 5.75 Å². The second kappa shape index (κ2) is 12.2. The summed E-state index contributed by atoms with van der Waals surface area (Å²) in [6, 6.07) is 15.1. The first-order valence-corrected chi connectivity index (χ1v) is 14.7. The van der Waals surface area contributed by atoms with E-state index in [1.54, 1.807) is 18.1 Å². The van der Waals surface area contributed by atoms with Crippen LogP contribution in [-0.2, 0) is 14.9 Å². The summed E-state index contributed by atoms with van der Waals surface area (Å²) in [5.41, 5.74) is 2.49. The summed E-state index contributed by atoms with van der Waals surface area (Å²) in [7, 11) is -2.71. The number of nitrogens with one attached hydrogen (secondary N) is 1. The lowest BCUT2D eigenvalue weighted by Gasteiger charge is -2.27. The number of anilines is 1. The van der Waals surface area contributed by atoms with E-state index in [2.05, 4.69) is 11.6 Å². The van der Waals surface area contributed by atoms with Crippen molar-refractivity contribution in [2.45, 2.75) is 46.1 Å². The Morgan fingerprint density at radius 2 is 1.94 bits per heavy atom. The molecule has 2 aromatic carbocycles. The van der Waals surface area contributed by atoms with Crippen molar-refractivity contribution in [1.82, 2.24) is 9.80 Å². The Morgan fingerprint density at radius 3 is 2.66 bits per heavy atom. The number of unbranched alkanes of at least 4 members (excludes halogenated alkanes) is 1. The Morgan fingerprint density at radius 1 is 1.17 bits per heavy atom. The Kier molecular flexibility index (Phi) is 9.32. The van der Waals surface area contributed by atoms with Crippen LogP contribution in [0.25, 0.3) is 0 Å². The van der Waals surface area contributed by atoms with Gasteiger partial charge < -0.3 is 19.3 Å². The SMILES string of the molecule is CCCCN(CC[SH](C)(=O)Nc1cccc(O[C@H]2CCN(C(=O)c3cccc(C)c3)C2)c1)C(C)=O. The van der Waals surface area contributed by atoms with E-state index in [9.17, 15) is 13.8 Å². The maximum atomic E-state index is 13.2. The van der Waals surface area contributed by atoms with Gasteiger partial charge in [0.1, 0.15) is 11.9 Å². The molecule has 7 nitrogen and oxygen atoms in total. The normalized spacial score (nSPS) is 16.1. The molecule has 1 aliphatic heterocycles. The van der Waals surface area contributed by atoms with E-state index in [0.717, 1.165) is 30.5 Å². The predicted octanol–water partition coefficient (Wildman–Crippen LogP) is 3.91. The first-order chi connectivity index (χ1) is 16.7. The maximum absolute atomic E-state index is 13.2. The first-order valence-electron chi connectivity index (χ1n) is 12.4. The van der Waals surface area contributed by atoms with Gasteiger partial charge in [-0.25, -0.2) is 0 Å². The zero-order chi connectivity index (χ0) is 25.4. The Hall–Kier alpha value is -2.87. The molecule has 0 unspecified atom stereocenters. The van der Waals surface area contributed by atoms with Crippen LogP contribution >= 0.6 is 0 Å². The van der Waals surface area contributed by atoms with Gasteiger partial charge in [0, 0.05) is 62.3 Å². The molecule has 0 spiro atoms. The van der Waals surface area contributed by atoms with E-state index in [-0.39, 0.29) is 17.9 Å². The minimum atomic E-state index is -2.71. The lowest BCUT2D eigenvalue weighted by Crippen LogP contribution is -2.37. The van der Waals surface area contributed by atoms with Crippen LogP contribution < -0.4 is 9.46 Å². The molecule has 1 heterocycles. The van der Waals surface area contributed by atoms with E-state index in [1.165, 1.54) is 0 Å². The van der Waals surface area contributed by atoms with E-state index < -0.39 is 10.1 Å². The van der Waals surface area contributed by atoms with Gasteiger partial charge in [-0.1, -0.05) is 37.1 Å². The average Bonchev–Trinajstić information content (AvgIpc) is 3.26. The van der Waals surface area contributed by atoms with Crippen LogP contribution in [0.5, 0.6) is 5.75 Å². The third-order valence-corrected chi connectivity index (χ3v) is 8.01. The minimum absolute atomic E-state index is 0.0142. The van der Waals surface area contributed by atoms with E-state index in [0.29, 0.717) is 43.2 Å². The summed E-state index contributed by atoms with van der Waals surface area (Å²) in [5.74, 6) is 1.12. The van der Waals surface area contributed by atoms with Gasteiger partial charge in [-0.3, -0.25) is 13.8 Å². The Bertz CT molecular complexity index is 1070. The molecule has 2 aromatic rings. The number of rotatable bonds is 11. The Balaban J connectivity index is 1.54. The van der Waals surface area contributed by atoms with Gasteiger partial charge in [0.15, 0.2) is 0 Å². The molecule has 35 heavy (non-hydrogen) atoms. The molecule has 8 heteroatoms. The molecule has 1 N–H and O–H groups in total. The summed E-state index contributed by atoms with van der Waals surface area (Å²) < 4.78 is 22.5. The van der Waals surface area contributed by atoms with Gasteiger partial charge in [0.05, 0.1) is 6.54 Å². The summed E-state index contributed by atoms with van der Waals surface area (Å²) in [4.78, 5) is 28.3. The zero-order valence-corrected chi connectivity index (χ0v) is 22.2. The summed E-state index contributed by atoms with van der Waals surface area (Å²) in [6.07, 6.45) is 4.34. The number of nitrogens with zero attached hydrogens (tertiary/aromatic N) is 2. The number of hydrogen-bond acceptors (Lipinski definition) is 4. The third-order valence-electron chi connectivity index (χ3n) is 6.22. The van der Waals surface area contributed by atoms with Crippen molar-refractivity contribution in [3.63, 3.8) is 0 Å². The summed E-state index contributed by atoms with van der Waals surface area (Å²) in [6.45, 7) is 7.99. The van der Waals surface area contributed by atoms with E-state index in [4.69, 9.17) is 4.74 Å². The quantitative estimate of drug-likeness (QED) is 0.458. The lowest BCUT2D eigenvalue weighted by molar-refractivity contribution is -0.128. The fraction of sp³-hybridized carbons (Fsp3) is 0.481. The Labute approximate surface area is 210 Å². The fourth-order valence-corrected chi connectivity index (χ4v) is 5.64. The highest BCUT2D eigenvalue weighted by molar-refractivity contribution is 8.03. The molecule has 192 valence electrons. The van der Waals surface area contributed by atoms with E-state index >= 15 is 0 Å². The fourth-order valence-electron chi connectivity index (χ4n) is 4.22. The second-order valence-electron chi connectivity index (χ2n) is 9.47. The molecule has 1 atom stereocenters. The van der Waals surface area contributed by atoms with Crippen LogP contribution in [0.15, 0.2) is 48.5 Å². The van der Waals surface area contributed by atoms with Gasteiger partial charge in [-0.15, -0.1) is 0 Å². The topological polar surface area (TPSA) is 79.0 Å². The molecule has 0 aromatic heterocycles. The molecular formula is C27H39N3O4S. The molecule has 1 saturated heterocycles. The first kappa shape index (κ1) is 26.7. The number of benzene rings is 2. The van der Waals surface area contributed by atoms with Crippen molar-refractivity contribution < 1.29 is 18.5 Å². The average molecular weight is 502 g/mol. The lowest BCUT2D eigenvalue weighted by atomic mass is 10.1. The number of likely N-dealkylation sites (tertiary alicyclic amines) is 1. The molecule has 3 rings (SSSR count). The van der Waals surface area contributed by atoms with Gasteiger partial charge in [-0.2, -0.15) is 0 Å². The second-order valence-corrected chi connectivity index (χ2v) is 12.3. The molecule has 0 saturated carbocycles. The highest BCUT2D eigenvalue weighted by Crippen LogP contribution is 2.24. The van der Waals surface area contributed by atoms with Crippen LogP contribution in [0, 0.1) is 6.92 Å². The highest BCUT2D eigenvalue weighted by Gasteiger charge is 2.28. The largest absolute Gasteiger partial charge is 0.488 e. The monoisotopic (exact) mass is 501 g/mol. The number of thiol groups is 1. The van der Waals surface area contributed by atoms with Crippen molar-refractivity contribution >= 4 is 27.6 Å². The third kappa shape index (κ3) is 8.09. The number of hydrogen-bond donors (Lipinski definition) is 2. The molecule has 1 aliphatic rings. The van der Waals surface area contributed by atoms with Gasteiger partial charge in [0.25, 0.3) is 5.91 Å². The molecule has 0 bridgehead atoms. The van der Waals surface area contributed by atoms with Crippen LogP contribution in [0.1, 0.15) is 49.0 Å². The number of amides is 2. The van der Waals surface area contributed by atoms with E-state index in [1.807, 2.05) is 60.4 Å². The summed E-state index contributed by atoms with van der Waals surface area (Å²) >= 11 is 0. The number of aryl methyl sites for hydroxylation is 1. The smallest absolute Gasteiger partial charge is 0.253 e. The predicted molar refractivity (Wildman–Crippen MR) is 144 cm³/mol. The van der Waals surface area contributed by atoms with Gasteiger partial charge in [-0.05, 0) is 47.7 Å². The molecular weight excluding hydrogens is 462 g/mol. The van der Waals surface area contributed by atoms with Crippen LogP contribution in [0.3, 0.4) is 0 Å². The molecule has 0 radical (unpaired) electrons. The number of ether oxygens (including phenoxy) is 1. The van der Waals surface area contributed by atoms with Gasteiger partial charge in [0.2, 0.25) is 5.91 Å².